The predicted molar refractivity (Wildman–Crippen MR) is 111 cm³/mol. The van der Waals surface area contributed by atoms with Crippen LogP contribution < -0.4 is 5.32 Å². The minimum absolute atomic E-state index is 0.232. The normalized spacial score (nSPS) is 23.4. The second-order valence-electron chi connectivity index (χ2n) is 7.82. The summed E-state index contributed by atoms with van der Waals surface area (Å²) in [5.41, 5.74) is 1.81. The Bertz CT molecular complexity index is 998. The lowest BCUT2D eigenvalue weighted by Crippen LogP contribution is -2.44. The molecule has 148 valence electrons. The average molecular weight is 410 g/mol. The predicted octanol–water partition coefficient (Wildman–Crippen LogP) is 4.41. The molecule has 3 unspecified atom stereocenters. The van der Waals surface area contributed by atoms with Gasteiger partial charge in [0.2, 0.25) is 0 Å². The first kappa shape index (κ1) is 18.5. The molecule has 2 bridgehead atoms. The summed E-state index contributed by atoms with van der Waals surface area (Å²) in [4.78, 5) is 15.5. The molecule has 29 heavy (non-hydrogen) atoms. The number of halogens is 2. The van der Waals surface area contributed by atoms with Crippen molar-refractivity contribution >= 4 is 17.4 Å². The highest BCUT2D eigenvalue weighted by Gasteiger charge is 2.45. The summed E-state index contributed by atoms with van der Waals surface area (Å²) in [5.74, 6) is 1.89. The molecule has 0 spiro atoms. The van der Waals surface area contributed by atoms with Gasteiger partial charge < -0.3 is 5.32 Å². The van der Waals surface area contributed by atoms with Crippen LogP contribution in [0.5, 0.6) is 0 Å². The molecule has 1 aromatic carbocycles. The summed E-state index contributed by atoms with van der Waals surface area (Å²) in [6.07, 6.45) is 7.37. The topological polar surface area (TPSA) is 53.9 Å². The van der Waals surface area contributed by atoms with E-state index in [1.807, 2.05) is 12.1 Å². The minimum atomic E-state index is -0.232. The Morgan fingerprint density at radius 1 is 1.10 bits per heavy atom. The van der Waals surface area contributed by atoms with E-state index in [1.54, 1.807) is 36.8 Å². The summed E-state index contributed by atoms with van der Waals surface area (Å²) in [6.45, 7) is 1.71. The SMILES string of the molecule is Fc1ccc(-c2ncccn2)c(CN2CC3CC(Nc4ccc(Cl)cn4)C2C3)c1. The number of anilines is 1. The number of nitrogens with zero attached hydrogens (tertiary/aromatic N) is 4. The van der Waals surface area contributed by atoms with Gasteiger partial charge in [0.05, 0.1) is 5.02 Å². The van der Waals surface area contributed by atoms with Gasteiger partial charge in [-0.1, -0.05) is 11.6 Å². The van der Waals surface area contributed by atoms with Crippen LogP contribution in [-0.4, -0.2) is 38.5 Å². The first-order valence-electron chi connectivity index (χ1n) is 9.83. The molecule has 5 nitrogen and oxygen atoms in total. The molecule has 2 aliphatic rings. The maximum Gasteiger partial charge on any atom is 0.159 e. The lowest BCUT2D eigenvalue weighted by Gasteiger charge is -2.34. The standard InChI is InChI=1S/C22H21ClFN5/c23-16-2-5-21(27-11-16)28-19-8-14-9-20(19)29(12-14)13-15-10-17(24)3-4-18(15)22-25-6-1-7-26-22/h1-7,10-11,14,19-20H,8-9,12-13H2,(H,27,28). The van der Waals surface area contributed by atoms with Crippen molar-refractivity contribution in [3.8, 4) is 11.4 Å². The van der Waals surface area contributed by atoms with E-state index >= 15 is 0 Å². The first-order chi connectivity index (χ1) is 14.2. The fraction of sp³-hybridized carbons (Fsp3) is 0.318. The Morgan fingerprint density at radius 2 is 1.97 bits per heavy atom. The Hall–Kier alpha value is -2.57. The van der Waals surface area contributed by atoms with Crippen LogP contribution in [0, 0.1) is 11.7 Å². The highest BCUT2D eigenvalue weighted by Crippen LogP contribution is 2.40. The number of hydrogen-bond donors (Lipinski definition) is 1. The number of hydrogen-bond acceptors (Lipinski definition) is 5. The van der Waals surface area contributed by atoms with Crippen molar-refractivity contribution in [1.82, 2.24) is 19.9 Å². The number of fused-ring (bicyclic) bond motifs is 2. The molecule has 1 N–H and O–H groups in total. The molecule has 3 aromatic rings. The number of benzene rings is 1. The monoisotopic (exact) mass is 409 g/mol. The van der Waals surface area contributed by atoms with Crippen molar-refractivity contribution in [1.29, 1.82) is 0 Å². The largest absolute Gasteiger partial charge is 0.366 e. The zero-order valence-electron chi connectivity index (χ0n) is 15.8. The van der Waals surface area contributed by atoms with Crippen molar-refractivity contribution in [2.24, 2.45) is 5.92 Å². The van der Waals surface area contributed by atoms with Crippen molar-refractivity contribution < 1.29 is 4.39 Å². The molecule has 1 aliphatic heterocycles. The van der Waals surface area contributed by atoms with Gasteiger partial charge in [0, 0.05) is 49.3 Å². The summed E-state index contributed by atoms with van der Waals surface area (Å²) in [7, 11) is 0. The van der Waals surface area contributed by atoms with E-state index in [1.165, 1.54) is 6.07 Å². The van der Waals surface area contributed by atoms with Crippen LogP contribution in [0.4, 0.5) is 10.2 Å². The van der Waals surface area contributed by atoms with Gasteiger partial charge >= 0.3 is 0 Å². The smallest absolute Gasteiger partial charge is 0.159 e. The molecule has 2 aromatic heterocycles. The zero-order valence-corrected chi connectivity index (χ0v) is 16.6. The number of aromatic nitrogens is 3. The van der Waals surface area contributed by atoms with Gasteiger partial charge in [0.1, 0.15) is 11.6 Å². The third kappa shape index (κ3) is 3.82. The molecule has 7 heteroatoms. The van der Waals surface area contributed by atoms with Gasteiger partial charge in [0.15, 0.2) is 5.82 Å². The second kappa shape index (κ2) is 7.69. The van der Waals surface area contributed by atoms with Gasteiger partial charge in [-0.05, 0) is 60.7 Å². The van der Waals surface area contributed by atoms with E-state index in [-0.39, 0.29) is 5.82 Å². The average Bonchev–Trinajstić information content (AvgIpc) is 3.30. The lowest BCUT2D eigenvalue weighted by molar-refractivity contribution is 0.192. The van der Waals surface area contributed by atoms with E-state index in [9.17, 15) is 4.39 Å². The molecule has 0 amide bonds. The van der Waals surface area contributed by atoms with Crippen LogP contribution >= 0.6 is 11.6 Å². The van der Waals surface area contributed by atoms with Gasteiger partial charge in [-0.3, -0.25) is 4.90 Å². The number of piperidine rings is 1. The van der Waals surface area contributed by atoms with Crippen LogP contribution in [0.3, 0.4) is 0 Å². The number of rotatable bonds is 5. The van der Waals surface area contributed by atoms with E-state index in [2.05, 4.69) is 25.2 Å². The van der Waals surface area contributed by atoms with Crippen molar-refractivity contribution in [3.63, 3.8) is 0 Å². The molecule has 3 heterocycles. The highest BCUT2D eigenvalue weighted by atomic mass is 35.5. The number of nitrogens with one attached hydrogen (secondary N) is 1. The Morgan fingerprint density at radius 3 is 2.72 bits per heavy atom. The summed E-state index contributed by atoms with van der Waals surface area (Å²) in [5, 5.41) is 4.19. The molecule has 1 saturated heterocycles. The quantitative estimate of drug-likeness (QED) is 0.676. The Kier molecular flexibility index (Phi) is 4.89. The molecule has 1 aliphatic carbocycles. The van der Waals surface area contributed by atoms with E-state index < -0.39 is 0 Å². The fourth-order valence-electron chi connectivity index (χ4n) is 4.69. The molecule has 1 saturated carbocycles. The number of likely N-dealkylation sites (tertiary alicyclic amines) is 1. The third-order valence-electron chi connectivity index (χ3n) is 5.90. The molecule has 5 rings (SSSR count). The van der Waals surface area contributed by atoms with Crippen molar-refractivity contribution in [3.05, 3.63) is 71.4 Å². The molecule has 0 radical (unpaired) electrons. The maximum atomic E-state index is 14.0. The minimum Gasteiger partial charge on any atom is -0.366 e. The van der Waals surface area contributed by atoms with Gasteiger partial charge in [-0.15, -0.1) is 0 Å². The summed E-state index contributed by atoms with van der Waals surface area (Å²) >= 11 is 5.94. The van der Waals surface area contributed by atoms with E-state index in [0.29, 0.717) is 35.4 Å². The zero-order chi connectivity index (χ0) is 19.8. The van der Waals surface area contributed by atoms with Crippen LogP contribution in [0.1, 0.15) is 18.4 Å². The lowest BCUT2D eigenvalue weighted by atomic mass is 10.0. The second-order valence-corrected chi connectivity index (χ2v) is 8.26. The molecular weight excluding hydrogens is 389 g/mol. The third-order valence-corrected chi connectivity index (χ3v) is 6.12. The van der Waals surface area contributed by atoms with Crippen molar-refractivity contribution in [2.75, 3.05) is 11.9 Å². The molecular formula is C22H21ClFN5. The first-order valence-corrected chi connectivity index (χ1v) is 10.2. The van der Waals surface area contributed by atoms with Crippen LogP contribution in [0.15, 0.2) is 55.0 Å². The molecule has 2 fully saturated rings. The van der Waals surface area contributed by atoms with Gasteiger partial charge in [-0.25, -0.2) is 19.3 Å². The van der Waals surface area contributed by atoms with E-state index in [0.717, 1.165) is 36.3 Å². The molecule has 3 atom stereocenters. The van der Waals surface area contributed by atoms with Gasteiger partial charge in [0.25, 0.3) is 0 Å². The highest BCUT2D eigenvalue weighted by molar-refractivity contribution is 6.30. The number of pyridine rings is 1. The van der Waals surface area contributed by atoms with Crippen molar-refractivity contribution in [2.45, 2.75) is 31.5 Å². The summed E-state index contributed by atoms with van der Waals surface area (Å²) < 4.78 is 14.0. The fourth-order valence-corrected chi connectivity index (χ4v) is 4.81. The van der Waals surface area contributed by atoms with Gasteiger partial charge in [-0.2, -0.15) is 0 Å². The van der Waals surface area contributed by atoms with Crippen LogP contribution in [0.2, 0.25) is 5.02 Å². The van der Waals surface area contributed by atoms with Crippen LogP contribution in [-0.2, 0) is 6.54 Å². The maximum absolute atomic E-state index is 14.0. The Labute approximate surface area is 174 Å². The van der Waals surface area contributed by atoms with E-state index in [4.69, 9.17) is 11.6 Å². The Balaban J connectivity index is 1.36. The summed E-state index contributed by atoms with van der Waals surface area (Å²) in [6, 6.07) is 11.1. The van der Waals surface area contributed by atoms with Crippen LogP contribution in [0.25, 0.3) is 11.4 Å².